The Morgan fingerprint density at radius 3 is 2.40 bits per heavy atom. The van der Waals surface area contributed by atoms with Crippen molar-refractivity contribution in [2.45, 2.75) is 51.7 Å². The number of carbonyl (C=O) groups is 1. The van der Waals surface area contributed by atoms with Crippen molar-refractivity contribution in [1.29, 1.82) is 0 Å². The van der Waals surface area contributed by atoms with Gasteiger partial charge in [0.15, 0.2) is 0 Å². The van der Waals surface area contributed by atoms with Gasteiger partial charge in [-0.1, -0.05) is 18.2 Å². The summed E-state index contributed by atoms with van der Waals surface area (Å²) in [5, 5.41) is 2.69. The first-order valence-corrected chi connectivity index (χ1v) is 6.57. The molecule has 0 aliphatic heterocycles. The van der Waals surface area contributed by atoms with Crippen LogP contribution in [0, 0.1) is 0 Å². The fraction of sp³-hybridized carbons (Fsp3) is 0.643. The van der Waals surface area contributed by atoms with Crippen molar-refractivity contribution < 1.29 is 18.0 Å². The first-order chi connectivity index (χ1) is 9.18. The Kier molecular flexibility index (Phi) is 8.22. The number of allylic oxidation sites excluding steroid dienone is 1. The molecule has 20 heavy (non-hydrogen) atoms. The molecule has 0 spiro atoms. The van der Waals surface area contributed by atoms with Crippen LogP contribution in [0.2, 0.25) is 0 Å². The topological polar surface area (TPSA) is 55.1 Å². The second-order valence-electron chi connectivity index (χ2n) is 4.83. The van der Waals surface area contributed by atoms with Crippen molar-refractivity contribution in [3.8, 4) is 0 Å². The van der Waals surface area contributed by atoms with E-state index in [1.165, 1.54) is 0 Å². The van der Waals surface area contributed by atoms with Crippen LogP contribution in [-0.2, 0) is 4.79 Å². The Labute approximate surface area is 118 Å². The van der Waals surface area contributed by atoms with Gasteiger partial charge in [0.1, 0.15) is 0 Å². The standard InChI is InChI=1S/C14H23F3N2O/c1-10(2)12(8-7-11(3)14(15,16)17)19-13(20)6-4-5-9-18/h7,12H,1,4-6,8-9,18H2,2-3H3,(H,19,20)/b11-7+. The van der Waals surface area contributed by atoms with E-state index >= 15 is 0 Å². The van der Waals surface area contributed by atoms with Gasteiger partial charge < -0.3 is 11.1 Å². The van der Waals surface area contributed by atoms with Gasteiger partial charge in [0, 0.05) is 12.0 Å². The second kappa shape index (κ2) is 8.79. The van der Waals surface area contributed by atoms with Gasteiger partial charge in [-0.3, -0.25) is 4.79 Å². The lowest BCUT2D eigenvalue weighted by molar-refractivity contribution is -0.121. The molecule has 0 saturated carbocycles. The summed E-state index contributed by atoms with van der Waals surface area (Å²) in [6.07, 6.45) is -1.42. The monoisotopic (exact) mass is 292 g/mol. The van der Waals surface area contributed by atoms with Crippen molar-refractivity contribution >= 4 is 5.91 Å². The summed E-state index contributed by atoms with van der Waals surface area (Å²) in [4.78, 5) is 11.6. The van der Waals surface area contributed by atoms with E-state index in [1.807, 2.05) is 0 Å². The molecule has 0 aromatic heterocycles. The highest BCUT2D eigenvalue weighted by atomic mass is 19.4. The van der Waals surface area contributed by atoms with E-state index in [1.54, 1.807) is 6.92 Å². The molecule has 0 bridgehead atoms. The minimum Gasteiger partial charge on any atom is -0.349 e. The van der Waals surface area contributed by atoms with Crippen molar-refractivity contribution in [2.24, 2.45) is 5.73 Å². The van der Waals surface area contributed by atoms with E-state index < -0.39 is 17.8 Å². The Morgan fingerprint density at radius 1 is 1.35 bits per heavy atom. The SMILES string of the molecule is C=C(C)C(C/C=C(\C)C(F)(F)F)NC(=O)CCCCN. The molecule has 3 N–H and O–H groups in total. The third kappa shape index (κ3) is 7.99. The molecule has 0 rings (SSSR count). The van der Waals surface area contributed by atoms with Gasteiger partial charge in [-0.25, -0.2) is 0 Å². The van der Waals surface area contributed by atoms with Crippen LogP contribution in [0.25, 0.3) is 0 Å². The number of carbonyl (C=O) groups excluding carboxylic acids is 1. The maximum Gasteiger partial charge on any atom is 0.412 e. The summed E-state index contributed by atoms with van der Waals surface area (Å²) in [6, 6.07) is -0.474. The van der Waals surface area contributed by atoms with Crippen LogP contribution in [0.1, 0.15) is 39.5 Å². The van der Waals surface area contributed by atoms with E-state index in [0.29, 0.717) is 25.0 Å². The van der Waals surface area contributed by atoms with E-state index in [4.69, 9.17) is 5.73 Å². The number of rotatable bonds is 8. The summed E-state index contributed by atoms with van der Waals surface area (Å²) in [6.45, 7) is 6.91. The number of hydrogen-bond donors (Lipinski definition) is 2. The average molecular weight is 292 g/mol. The van der Waals surface area contributed by atoms with Gasteiger partial charge in [0.2, 0.25) is 5.91 Å². The highest BCUT2D eigenvalue weighted by Crippen LogP contribution is 2.25. The zero-order valence-corrected chi connectivity index (χ0v) is 12.0. The van der Waals surface area contributed by atoms with Crippen molar-refractivity contribution in [1.82, 2.24) is 5.32 Å². The third-order valence-electron chi connectivity index (χ3n) is 2.89. The van der Waals surface area contributed by atoms with Gasteiger partial charge in [-0.2, -0.15) is 13.2 Å². The van der Waals surface area contributed by atoms with Crippen LogP contribution in [0.3, 0.4) is 0 Å². The van der Waals surface area contributed by atoms with E-state index in [2.05, 4.69) is 11.9 Å². The van der Waals surface area contributed by atoms with Crippen LogP contribution in [0.15, 0.2) is 23.8 Å². The number of nitrogens with two attached hydrogens (primary N) is 1. The summed E-state index contributed by atoms with van der Waals surface area (Å²) >= 11 is 0. The maximum absolute atomic E-state index is 12.4. The molecule has 0 aliphatic carbocycles. The quantitative estimate of drug-likeness (QED) is 0.533. The van der Waals surface area contributed by atoms with E-state index in [0.717, 1.165) is 19.4 Å². The average Bonchev–Trinajstić information content (AvgIpc) is 2.32. The number of amides is 1. The minimum absolute atomic E-state index is 0.0866. The normalized spacial score (nSPS) is 14.0. The smallest absolute Gasteiger partial charge is 0.349 e. The molecule has 0 aliphatic rings. The highest BCUT2D eigenvalue weighted by Gasteiger charge is 2.29. The molecule has 1 unspecified atom stereocenters. The van der Waals surface area contributed by atoms with Crippen molar-refractivity contribution in [2.75, 3.05) is 6.54 Å². The molecular weight excluding hydrogens is 269 g/mol. The zero-order valence-electron chi connectivity index (χ0n) is 12.0. The predicted octanol–water partition coefficient (Wildman–Crippen LogP) is 3.08. The minimum atomic E-state index is -4.33. The lowest BCUT2D eigenvalue weighted by Gasteiger charge is -2.18. The number of nitrogens with one attached hydrogen (secondary N) is 1. The molecule has 1 amide bonds. The van der Waals surface area contributed by atoms with Crippen LogP contribution in [0.5, 0.6) is 0 Å². The Morgan fingerprint density at radius 2 is 1.95 bits per heavy atom. The summed E-state index contributed by atoms with van der Waals surface area (Å²) in [5.74, 6) is -0.190. The largest absolute Gasteiger partial charge is 0.412 e. The van der Waals surface area contributed by atoms with Gasteiger partial charge in [0.05, 0.1) is 6.04 Å². The highest BCUT2D eigenvalue weighted by molar-refractivity contribution is 5.76. The summed E-state index contributed by atoms with van der Waals surface area (Å²) in [5.41, 5.74) is 5.29. The molecule has 0 radical (unpaired) electrons. The fourth-order valence-electron chi connectivity index (χ4n) is 1.49. The van der Waals surface area contributed by atoms with Gasteiger partial charge >= 0.3 is 6.18 Å². The predicted molar refractivity (Wildman–Crippen MR) is 74.1 cm³/mol. The Balaban J connectivity index is 4.45. The third-order valence-corrected chi connectivity index (χ3v) is 2.89. The molecular formula is C14H23F3N2O. The van der Waals surface area contributed by atoms with Crippen LogP contribution in [0.4, 0.5) is 13.2 Å². The second-order valence-corrected chi connectivity index (χ2v) is 4.83. The van der Waals surface area contributed by atoms with Crippen molar-refractivity contribution in [3.05, 3.63) is 23.8 Å². The summed E-state index contributed by atoms with van der Waals surface area (Å²) < 4.78 is 37.1. The summed E-state index contributed by atoms with van der Waals surface area (Å²) in [7, 11) is 0. The lowest BCUT2D eigenvalue weighted by Crippen LogP contribution is -2.35. The maximum atomic E-state index is 12.4. The van der Waals surface area contributed by atoms with Crippen molar-refractivity contribution in [3.63, 3.8) is 0 Å². The van der Waals surface area contributed by atoms with Gasteiger partial charge in [-0.05, 0) is 39.7 Å². The molecule has 0 heterocycles. The lowest BCUT2D eigenvalue weighted by atomic mass is 10.0. The first kappa shape index (κ1) is 18.7. The molecule has 0 aromatic rings. The van der Waals surface area contributed by atoms with Gasteiger partial charge in [-0.15, -0.1) is 0 Å². The molecule has 0 saturated heterocycles. The number of halogens is 3. The van der Waals surface area contributed by atoms with Crippen LogP contribution < -0.4 is 11.1 Å². The van der Waals surface area contributed by atoms with E-state index in [-0.39, 0.29) is 12.3 Å². The van der Waals surface area contributed by atoms with E-state index in [9.17, 15) is 18.0 Å². The Bertz CT molecular complexity index is 362. The number of unbranched alkanes of at least 4 members (excludes halogenated alkanes) is 1. The molecule has 116 valence electrons. The fourth-order valence-corrected chi connectivity index (χ4v) is 1.49. The van der Waals surface area contributed by atoms with Gasteiger partial charge in [0.25, 0.3) is 0 Å². The van der Waals surface area contributed by atoms with Crippen LogP contribution >= 0.6 is 0 Å². The molecule has 0 aromatic carbocycles. The zero-order chi connectivity index (χ0) is 15.8. The Hall–Kier alpha value is -1.30. The number of alkyl halides is 3. The molecule has 0 fully saturated rings. The molecule has 3 nitrogen and oxygen atoms in total. The van der Waals surface area contributed by atoms with Crippen LogP contribution in [-0.4, -0.2) is 24.7 Å². The number of hydrogen-bond acceptors (Lipinski definition) is 2. The first-order valence-electron chi connectivity index (χ1n) is 6.57. The molecule has 6 heteroatoms. The molecule has 1 atom stereocenters.